The quantitative estimate of drug-likeness (QED) is 0.488. The molecule has 0 saturated heterocycles. The Morgan fingerprint density at radius 3 is 2.33 bits per heavy atom. The molecule has 0 unspecified atom stereocenters. The summed E-state index contributed by atoms with van der Waals surface area (Å²) in [6.45, 7) is 5.19. The molecule has 24 heavy (non-hydrogen) atoms. The Kier molecular flexibility index (Phi) is 8.09. The monoisotopic (exact) mass is 323 g/mol. The predicted molar refractivity (Wildman–Crippen MR) is 103 cm³/mol. The van der Waals surface area contributed by atoms with Gasteiger partial charge in [0.15, 0.2) is 0 Å². The fraction of sp³-hybridized carbons (Fsp3) is 0.409. The summed E-state index contributed by atoms with van der Waals surface area (Å²) in [6, 6.07) is 12.5. The molecule has 0 aliphatic carbocycles. The van der Waals surface area contributed by atoms with Crippen molar-refractivity contribution >= 4 is 12.2 Å². The van der Waals surface area contributed by atoms with Crippen molar-refractivity contribution in [3.63, 3.8) is 0 Å². The molecule has 0 bridgehead atoms. The summed E-state index contributed by atoms with van der Waals surface area (Å²) in [5.74, 6) is 0.940. The van der Waals surface area contributed by atoms with Crippen molar-refractivity contribution in [2.45, 2.75) is 52.4 Å². The molecule has 0 N–H and O–H groups in total. The van der Waals surface area contributed by atoms with E-state index in [2.05, 4.69) is 55.2 Å². The fourth-order valence-electron chi connectivity index (χ4n) is 2.45. The van der Waals surface area contributed by atoms with E-state index in [9.17, 15) is 0 Å². The fourth-order valence-corrected chi connectivity index (χ4v) is 2.45. The zero-order valence-corrected chi connectivity index (χ0v) is 15.0. The van der Waals surface area contributed by atoms with E-state index in [1.165, 1.54) is 24.8 Å². The smallest absolute Gasteiger partial charge is 0.119 e. The van der Waals surface area contributed by atoms with E-state index in [0.29, 0.717) is 0 Å². The van der Waals surface area contributed by atoms with Crippen LogP contribution in [0.2, 0.25) is 0 Å². The van der Waals surface area contributed by atoms with E-state index in [-0.39, 0.29) is 0 Å². The van der Waals surface area contributed by atoms with Crippen molar-refractivity contribution in [3.05, 3.63) is 59.4 Å². The van der Waals surface area contributed by atoms with Crippen LogP contribution >= 0.6 is 0 Å². The number of nitrogens with zero attached hydrogens (tertiary/aromatic N) is 1. The molecular weight excluding hydrogens is 294 g/mol. The molecule has 0 radical (unpaired) electrons. The standard InChI is InChI=1S/C22H29NO/c1-3-5-7-8-20-10-14-21(23-18-20)13-9-19-11-15-22(16-12-19)24-17-6-4-2/h9-16,18H,3-8,17H2,1-2H3/b13-9-. The van der Waals surface area contributed by atoms with Gasteiger partial charge in [-0.2, -0.15) is 0 Å². The Bertz CT molecular complexity index is 543. The minimum Gasteiger partial charge on any atom is -0.494 e. The first-order valence-electron chi connectivity index (χ1n) is 9.17. The second-order valence-corrected chi connectivity index (χ2v) is 6.15. The van der Waals surface area contributed by atoms with Gasteiger partial charge in [0.25, 0.3) is 0 Å². The summed E-state index contributed by atoms with van der Waals surface area (Å²) in [7, 11) is 0. The molecule has 2 heteroatoms. The molecule has 0 aliphatic rings. The molecule has 1 heterocycles. The largest absolute Gasteiger partial charge is 0.494 e. The van der Waals surface area contributed by atoms with Crippen molar-refractivity contribution in [3.8, 4) is 5.75 Å². The first-order valence-corrected chi connectivity index (χ1v) is 9.17. The van der Waals surface area contributed by atoms with Crippen molar-refractivity contribution < 1.29 is 4.74 Å². The van der Waals surface area contributed by atoms with E-state index >= 15 is 0 Å². The summed E-state index contributed by atoms with van der Waals surface area (Å²) in [5.41, 5.74) is 3.48. The second-order valence-electron chi connectivity index (χ2n) is 6.15. The Hall–Kier alpha value is -2.09. The van der Waals surface area contributed by atoms with Crippen LogP contribution < -0.4 is 4.74 Å². The lowest BCUT2D eigenvalue weighted by atomic mass is 10.1. The van der Waals surface area contributed by atoms with Crippen LogP contribution in [0, 0.1) is 0 Å². The molecular formula is C22H29NO. The highest BCUT2D eigenvalue weighted by atomic mass is 16.5. The van der Waals surface area contributed by atoms with Crippen LogP contribution in [0.15, 0.2) is 42.6 Å². The highest BCUT2D eigenvalue weighted by molar-refractivity contribution is 5.68. The second kappa shape index (κ2) is 10.6. The van der Waals surface area contributed by atoms with Gasteiger partial charge < -0.3 is 4.74 Å². The topological polar surface area (TPSA) is 22.1 Å². The molecule has 0 atom stereocenters. The minimum absolute atomic E-state index is 0.792. The first-order chi connectivity index (χ1) is 11.8. The zero-order chi connectivity index (χ0) is 17.0. The van der Waals surface area contributed by atoms with Crippen LogP contribution in [0.5, 0.6) is 5.75 Å². The highest BCUT2D eigenvalue weighted by Gasteiger charge is 1.96. The van der Waals surface area contributed by atoms with Crippen molar-refractivity contribution in [2.24, 2.45) is 0 Å². The van der Waals surface area contributed by atoms with Crippen molar-refractivity contribution in [2.75, 3.05) is 6.61 Å². The first kappa shape index (κ1) is 18.3. The minimum atomic E-state index is 0.792. The molecule has 2 aromatic rings. The molecule has 2 rings (SSSR count). The molecule has 0 fully saturated rings. The summed E-state index contributed by atoms with van der Waals surface area (Å²) < 4.78 is 5.68. The number of aromatic nitrogens is 1. The van der Waals surface area contributed by atoms with Gasteiger partial charge in [0.1, 0.15) is 5.75 Å². The van der Waals surface area contributed by atoms with E-state index in [4.69, 9.17) is 4.74 Å². The Balaban J connectivity index is 1.86. The van der Waals surface area contributed by atoms with E-state index in [1.807, 2.05) is 18.3 Å². The van der Waals surface area contributed by atoms with Gasteiger partial charge in [-0.1, -0.05) is 57.4 Å². The number of pyridine rings is 1. The normalized spacial score (nSPS) is 11.1. The summed E-state index contributed by atoms with van der Waals surface area (Å²) >= 11 is 0. The average Bonchev–Trinajstić information content (AvgIpc) is 2.63. The molecule has 0 aliphatic heterocycles. The Morgan fingerprint density at radius 1 is 0.875 bits per heavy atom. The predicted octanol–water partition coefficient (Wildman–Crippen LogP) is 6.16. The molecule has 0 amide bonds. The molecule has 128 valence electrons. The van der Waals surface area contributed by atoms with E-state index in [0.717, 1.165) is 42.9 Å². The van der Waals surface area contributed by atoms with Gasteiger partial charge >= 0.3 is 0 Å². The number of hydrogen-bond donors (Lipinski definition) is 0. The highest BCUT2D eigenvalue weighted by Crippen LogP contribution is 2.15. The van der Waals surface area contributed by atoms with Gasteiger partial charge in [0.2, 0.25) is 0 Å². The maximum atomic E-state index is 5.68. The van der Waals surface area contributed by atoms with Crippen molar-refractivity contribution in [1.29, 1.82) is 0 Å². The Labute approximate surface area is 146 Å². The Morgan fingerprint density at radius 2 is 1.67 bits per heavy atom. The number of rotatable bonds is 10. The van der Waals surface area contributed by atoms with E-state index < -0.39 is 0 Å². The average molecular weight is 323 g/mol. The van der Waals surface area contributed by atoms with Gasteiger partial charge in [-0.15, -0.1) is 0 Å². The van der Waals surface area contributed by atoms with Crippen LogP contribution in [0.3, 0.4) is 0 Å². The molecule has 0 saturated carbocycles. The maximum absolute atomic E-state index is 5.68. The maximum Gasteiger partial charge on any atom is 0.119 e. The lowest BCUT2D eigenvalue weighted by molar-refractivity contribution is 0.309. The molecule has 0 spiro atoms. The summed E-state index contributed by atoms with van der Waals surface area (Å²) in [4.78, 5) is 4.53. The van der Waals surface area contributed by atoms with Crippen LogP contribution in [-0.4, -0.2) is 11.6 Å². The van der Waals surface area contributed by atoms with Crippen LogP contribution in [0.1, 0.15) is 62.8 Å². The molecule has 2 nitrogen and oxygen atoms in total. The number of aryl methyl sites for hydroxylation is 1. The van der Waals surface area contributed by atoms with Crippen molar-refractivity contribution in [1.82, 2.24) is 4.98 Å². The third-order valence-corrected chi connectivity index (χ3v) is 4.01. The summed E-state index contributed by atoms with van der Waals surface area (Å²) in [6.07, 6.45) is 13.3. The number of benzene rings is 1. The SMILES string of the molecule is CCCCCc1ccc(/C=C\c2ccc(OCCCC)cc2)nc1. The van der Waals surface area contributed by atoms with Gasteiger partial charge in [-0.3, -0.25) is 4.98 Å². The van der Waals surface area contributed by atoms with Crippen LogP contribution in [0.4, 0.5) is 0 Å². The van der Waals surface area contributed by atoms with Gasteiger partial charge in [0, 0.05) is 6.20 Å². The number of unbranched alkanes of at least 4 members (excludes halogenated alkanes) is 3. The third kappa shape index (κ3) is 6.57. The van der Waals surface area contributed by atoms with Gasteiger partial charge in [0.05, 0.1) is 12.3 Å². The number of hydrogen-bond acceptors (Lipinski definition) is 2. The van der Waals surface area contributed by atoms with Gasteiger partial charge in [-0.25, -0.2) is 0 Å². The number of ether oxygens (including phenoxy) is 1. The van der Waals surface area contributed by atoms with Crippen LogP contribution in [-0.2, 0) is 6.42 Å². The lowest BCUT2D eigenvalue weighted by Gasteiger charge is -2.05. The lowest BCUT2D eigenvalue weighted by Crippen LogP contribution is -1.95. The molecule has 1 aromatic carbocycles. The summed E-state index contributed by atoms with van der Waals surface area (Å²) in [5, 5.41) is 0. The van der Waals surface area contributed by atoms with Crippen LogP contribution in [0.25, 0.3) is 12.2 Å². The van der Waals surface area contributed by atoms with E-state index in [1.54, 1.807) is 0 Å². The van der Waals surface area contributed by atoms with Gasteiger partial charge in [-0.05, 0) is 54.7 Å². The third-order valence-electron chi connectivity index (χ3n) is 4.01. The zero-order valence-electron chi connectivity index (χ0n) is 15.0. The molecule has 1 aromatic heterocycles.